The Kier molecular flexibility index (Phi) is 5.33. The van der Waals surface area contributed by atoms with Gasteiger partial charge in [0.1, 0.15) is 11.4 Å². The van der Waals surface area contributed by atoms with Crippen molar-refractivity contribution in [1.29, 1.82) is 0 Å². The number of piperidine rings is 1. The second-order valence-corrected chi connectivity index (χ2v) is 6.71. The van der Waals surface area contributed by atoms with Gasteiger partial charge in [0, 0.05) is 13.1 Å². The number of hydrogen-bond acceptors (Lipinski definition) is 3. The van der Waals surface area contributed by atoms with E-state index in [4.69, 9.17) is 9.47 Å². The number of ether oxygens (including phenoxy) is 2. The number of para-hydroxylation sites is 1. The van der Waals surface area contributed by atoms with Crippen LogP contribution in [0.5, 0.6) is 5.75 Å². The molecule has 0 atom stereocenters. The van der Waals surface area contributed by atoms with E-state index < -0.39 is 5.60 Å². The normalized spacial score (nSPS) is 16.5. The summed E-state index contributed by atoms with van der Waals surface area (Å²) in [6.45, 7) is 9.84. The number of carbonyl (C=O) groups is 1. The van der Waals surface area contributed by atoms with Crippen molar-refractivity contribution in [2.24, 2.45) is 0 Å². The van der Waals surface area contributed by atoms with E-state index in [1.165, 1.54) is 5.56 Å². The Morgan fingerprint density at radius 1 is 1.23 bits per heavy atom. The summed E-state index contributed by atoms with van der Waals surface area (Å²) in [5.41, 5.74) is 0.823. The number of carbonyl (C=O) groups excluding carboxylic acids is 1. The van der Waals surface area contributed by atoms with Crippen LogP contribution in [0.3, 0.4) is 0 Å². The molecule has 1 aromatic rings. The van der Waals surface area contributed by atoms with Crippen molar-refractivity contribution in [3.05, 3.63) is 29.8 Å². The first-order chi connectivity index (χ1) is 10.4. The maximum absolute atomic E-state index is 12.1. The molecular formula is C18H27NO3. The average molecular weight is 305 g/mol. The number of likely N-dealkylation sites (tertiary alicyclic amines) is 1. The van der Waals surface area contributed by atoms with Gasteiger partial charge in [0.05, 0.1) is 6.61 Å². The second-order valence-electron chi connectivity index (χ2n) is 6.71. The minimum Gasteiger partial charge on any atom is -0.494 e. The molecule has 122 valence electrons. The van der Waals surface area contributed by atoms with Gasteiger partial charge in [0.2, 0.25) is 0 Å². The summed E-state index contributed by atoms with van der Waals surface area (Å²) in [5.74, 6) is 1.42. The molecule has 1 saturated heterocycles. The standard InChI is InChI=1S/C18H27NO3/c1-5-21-16-9-7-6-8-15(16)14-10-12-19(13-11-14)17(20)22-18(2,3)4/h6-9,14H,5,10-13H2,1-4H3. The lowest BCUT2D eigenvalue weighted by molar-refractivity contribution is 0.0204. The lowest BCUT2D eigenvalue weighted by Gasteiger charge is -2.34. The van der Waals surface area contributed by atoms with Crippen LogP contribution in [0, 0.1) is 0 Å². The molecule has 1 aliphatic rings. The van der Waals surface area contributed by atoms with Crippen LogP contribution < -0.4 is 4.74 Å². The Morgan fingerprint density at radius 3 is 2.45 bits per heavy atom. The van der Waals surface area contributed by atoms with E-state index in [1.54, 1.807) is 0 Å². The fourth-order valence-corrected chi connectivity index (χ4v) is 2.80. The van der Waals surface area contributed by atoms with Crippen LogP contribution in [0.25, 0.3) is 0 Å². The Morgan fingerprint density at radius 2 is 1.86 bits per heavy atom. The van der Waals surface area contributed by atoms with Gasteiger partial charge in [-0.05, 0) is 58.1 Å². The summed E-state index contributed by atoms with van der Waals surface area (Å²) >= 11 is 0. The zero-order chi connectivity index (χ0) is 16.2. The summed E-state index contributed by atoms with van der Waals surface area (Å²) in [5, 5.41) is 0. The Labute approximate surface area is 133 Å². The highest BCUT2D eigenvalue weighted by Gasteiger charge is 2.28. The van der Waals surface area contributed by atoms with Crippen molar-refractivity contribution < 1.29 is 14.3 Å². The van der Waals surface area contributed by atoms with Crippen molar-refractivity contribution in [1.82, 2.24) is 4.90 Å². The molecule has 0 saturated carbocycles. The van der Waals surface area contributed by atoms with Gasteiger partial charge in [-0.3, -0.25) is 0 Å². The van der Waals surface area contributed by atoms with Gasteiger partial charge in [-0.1, -0.05) is 18.2 Å². The minimum absolute atomic E-state index is 0.205. The van der Waals surface area contributed by atoms with Gasteiger partial charge >= 0.3 is 6.09 Å². The first kappa shape index (κ1) is 16.7. The van der Waals surface area contributed by atoms with Crippen molar-refractivity contribution in [2.75, 3.05) is 19.7 Å². The molecule has 0 bridgehead atoms. The molecule has 1 aliphatic heterocycles. The van der Waals surface area contributed by atoms with Gasteiger partial charge in [-0.15, -0.1) is 0 Å². The zero-order valence-corrected chi connectivity index (χ0v) is 14.1. The number of benzene rings is 1. The fourth-order valence-electron chi connectivity index (χ4n) is 2.80. The number of amides is 1. The summed E-state index contributed by atoms with van der Waals surface area (Å²) in [7, 11) is 0. The summed E-state index contributed by atoms with van der Waals surface area (Å²) in [6.07, 6.45) is 1.69. The highest BCUT2D eigenvalue weighted by molar-refractivity contribution is 5.68. The van der Waals surface area contributed by atoms with Gasteiger partial charge in [-0.25, -0.2) is 4.79 Å². The van der Waals surface area contributed by atoms with E-state index >= 15 is 0 Å². The van der Waals surface area contributed by atoms with E-state index in [0.29, 0.717) is 12.5 Å². The fraction of sp³-hybridized carbons (Fsp3) is 0.611. The molecule has 0 spiro atoms. The highest BCUT2D eigenvalue weighted by Crippen LogP contribution is 2.34. The van der Waals surface area contributed by atoms with Gasteiger partial charge in [-0.2, -0.15) is 0 Å². The topological polar surface area (TPSA) is 38.8 Å². The third kappa shape index (κ3) is 4.39. The third-order valence-corrected chi connectivity index (χ3v) is 3.81. The Balaban J connectivity index is 1.96. The lowest BCUT2D eigenvalue weighted by Crippen LogP contribution is -2.41. The van der Waals surface area contributed by atoms with E-state index in [1.807, 2.05) is 44.7 Å². The Bertz CT molecular complexity index is 499. The van der Waals surface area contributed by atoms with Crippen LogP contribution in [0.4, 0.5) is 4.79 Å². The molecule has 22 heavy (non-hydrogen) atoms. The van der Waals surface area contributed by atoms with Crippen LogP contribution in [0.15, 0.2) is 24.3 Å². The van der Waals surface area contributed by atoms with Gasteiger partial charge in [0.15, 0.2) is 0 Å². The first-order valence-corrected chi connectivity index (χ1v) is 8.10. The summed E-state index contributed by atoms with van der Waals surface area (Å²) in [6, 6.07) is 8.22. The number of nitrogens with zero attached hydrogens (tertiary/aromatic N) is 1. The Hall–Kier alpha value is -1.71. The predicted octanol–water partition coefficient (Wildman–Crippen LogP) is 4.20. The maximum Gasteiger partial charge on any atom is 0.410 e. The number of rotatable bonds is 3. The maximum atomic E-state index is 12.1. The molecule has 0 radical (unpaired) electrons. The molecule has 1 heterocycles. The summed E-state index contributed by atoms with van der Waals surface area (Å²) < 4.78 is 11.2. The van der Waals surface area contributed by atoms with E-state index in [-0.39, 0.29) is 6.09 Å². The quantitative estimate of drug-likeness (QED) is 0.840. The van der Waals surface area contributed by atoms with Crippen LogP contribution in [-0.4, -0.2) is 36.3 Å². The zero-order valence-electron chi connectivity index (χ0n) is 14.1. The molecule has 0 N–H and O–H groups in total. The van der Waals surface area contributed by atoms with Crippen LogP contribution >= 0.6 is 0 Å². The molecule has 4 heteroatoms. The van der Waals surface area contributed by atoms with Gasteiger partial charge in [0.25, 0.3) is 0 Å². The van der Waals surface area contributed by atoms with E-state index in [2.05, 4.69) is 12.1 Å². The van der Waals surface area contributed by atoms with E-state index in [9.17, 15) is 4.79 Å². The molecule has 0 unspecified atom stereocenters. The molecule has 1 amide bonds. The third-order valence-electron chi connectivity index (χ3n) is 3.81. The molecular weight excluding hydrogens is 278 g/mol. The average Bonchev–Trinajstić information content (AvgIpc) is 2.47. The van der Waals surface area contributed by atoms with Crippen molar-refractivity contribution in [3.63, 3.8) is 0 Å². The molecule has 4 nitrogen and oxygen atoms in total. The first-order valence-electron chi connectivity index (χ1n) is 8.10. The number of hydrogen-bond donors (Lipinski definition) is 0. The molecule has 2 rings (SSSR count). The molecule has 0 aliphatic carbocycles. The van der Waals surface area contributed by atoms with Crippen LogP contribution in [0.1, 0.15) is 52.0 Å². The monoisotopic (exact) mass is 305 g/mol. The lowest BCUT2D eigenvalue weighted by atomic mass is 9.89. The largest absolute Gasteiger partial charge is 0.494 e. The minimum atomic E-state index is -0.435. The molecule has 1 fully saturated rings. The summed E-state index contributed by atoms with van der Waals surface area (Å²) in [4.78, 5) is 13.9. The second kappa shape index (κ2) is 7.03. The molecule has 1 aromatic carbocycles. The molecule has 0 aromatic heterocycles. The van der Waals surface area contributed by atoms with Crippen molar-refractivity contribution in [3.8, 4) is 5.75 Å². The van der Waals surface area contributed by atoms with Crippen LogP contribution in [-0.2, 0) is 4.74 Å². The SMILES string of the molecule is CCOc1ccccc1C1CCN(C(=O)OC(C)(C)C)CC1. The van der Waals surface area contributed by atoms with Gasteiger partial charge < -0.3 is 14.4 Å². The van der Waals surface area contributed by atoms with Crippen LogP contribution in [0.2, 0.25) is 0 Å². The van der Waals surface area contributed by atoms with Crippen molar-refractivity contribution >= 4 is 6.09 Å². The smallest absolute Gasteiger partial charge is 0.410 e. The predicted molar refractivity (Wildman–Crippen MR) is 87.4 cm³/mol. The van der Waals surface area contributed by atoms with Crippen molar-refractivity contribution in [2.45, 2.75) is 52.1 Å². The van der Waals surface area contributed by atoms with E-state index in [0.717, 1.165) is 31.7 Å². The highest BCUT2D eigenvalue weighted by atomic mass is 16.6.